The molecule has 0 saturated carbocycles. The van der Waals surface area contributed by atoms with E-state index in [2.05, 4.69) is 15.9 Å². The maximum Gasteiger partial charge on any atom is 0.343 e. The lowest BCUT2D eigenvalue weighted by Gasteiger charge is -2.09. The summed E-state index contributed by atoms with van der Waals surface area (Å²) in [4.78, 5) is 10.8. The van der Waals surface area contributed by atoms with Crippen molar-refractivity contribution in [3.8, 4) is 11.5 Å². The Kier molecular flexibility index (Phi) is 3.35. The number of benzene rings is 1. The third-order valence-electron chi connectivity index (χ3n) is 1.60. The first-order valence-electron chi connectivity index (χ1n) is 3.95. The quantitative estimate of drug-likeness (QED) is 0.875. The van der Waals surface area contributed by atoms with Gasteiger partial charge in [0.1, 0.15) is 17.1 Å². The summed E-state index contributed by atoms with van der Waals surface area (Å²) in [7, 11) is 0. The standard InChI is InChI=1S/C9H9BrO4/c1-2-14-6-4-3-5(10)8(11)7(6)9(12)13/h3-4,11H,2H2,1H3,(H,12,13). The summed E-state index contributed by atoms with van der Waals surface area (Å²) in [6, 6.07) is 3.03. The van der Waals surface area contributed by atoms with E-state index in [1.807, 2.05) is 0 Å². The fourth-order valence-electron chi connectivity index (χ4n) is 1.03. The molecule has 0 aliphatic rings. The van der Waals surface area contributed by atoms with Crippen LogP contribution in [0.3, 0.4) is 0 Å². The average molecular weight is 261 g/mol. The van der Waals surface area contributed by atoms with Crippen LogP contribution in [0.2, 0.25) is 0 Å². The summed E-state index contributed by atoms with van der Waals surface area (Å²) in [5.74, 6) is -1.36. The number of carboxylic acids is 1. The van der Waals surface area contributed by atoms with Crippen LogP contribution in [0.25, 0.3) is 0 Å². The molecule has 0 amide bonds. The number of ether oxygens (including phenoxy) is 1. The van der Waals surface area contributed by atoms with Gasteiger partial charge in [-0.15, -0.1) is 0 Å². The Morgan fingerprint density at radius 1 is 1.57 bits per heavy atom. The van der Waals surface area contributed by atoms with Crippen molar-refractivity contribution in [1.29, 1.82) is 0 Å². The molecule has 0 atom stereocenters. The molecule has 0 radical (unpaired) electrons. The fourth-order valence-corrected chi connectivity index (χ4v) is 1.36. The zero-order valence-electron chi connectivity index (χ0n) is 7.45. The first kappa shape index (κ1) is 10.8. The van der Waals surface area contributed by atoms with Gasteiger partial charge in [-0.1, -0.05) is 0 Å². The molecule has 1 aromatic rings. The Balaban J connectivity index is 3.30. The Morgan fingerprint density at radius 3 is 2.71 bits per heavy atom. The van der Waals surface area contributed by atoms with E-state index in [9.17, 15) is 9.90 Å². The molecule has 76 valence electrons. The van der Waals surface area contributed by atoms with Crippen molar-refractivity contribution in [2.45, 2.75) is 6.92 Å². The van der Waals surface area contributed by atoms with Gasteiger partial charge < -0.3 is 14.9 Å². The van der Waals surface area contributed by atoms with Gasteiger partial charge in [-0.25, -0.2) is 4.79 Å². The zero-order chi connectivity index (χ0) is 10.7. The Hall–Kier alpha value is -1.23. The van der Waals surface area contributed by atoms with E-state index in [4.69, 9.17) is 9.84 Å². The van der Waals surface area contributed by atoms with Gasteiger partial charge in [0.05, 0.1) is 11.1 Å². The molecule has 1 aromatic carbocycles. The summed E-state index contributed by atoms with van der Waals surface area (Å²) in [6.07, 6.45) is 0. The average Bonchev–Trinajstić information content (AvgIpc) is 2.11. The number of halogens is 1. The van der Waals surface area contributed by atoms with Crippen LogP contribution in [0.5, 0.6) is 11.5 Å². The molecular formula is C9H9BrO4. The van der Waals surface area contributed by atoms with Crippen molar-refractivity contribution in [1.82, 2.24) is 0 Å². The molecule has 2 N–H and O–H groups in total. The predicted octanol–water partition coefficient (Wildman–Crippen LogP) is 2.25. The molecule has 0 unspecified atom stereocenters. The minimum Gasteiger partial charge on any atom is -0.506 e. The molecular weight excluding hydrogens is 252 g/mol. The van der Waals surface area contributed by atoms with Gasteiger partial charge in [-0.05, 0) is 35.0 Å². The van der Waals surface area contributed by atoms with E-state index in [-0.39, 0.29) is 17.1 Å². The second-order valence-electron chi connectivity index (χ2n) is 2.51. The van der Waals surface area contributed by atoms with Crippen molar-refractivity contribution in [2.24, 2.45) is 0 Å². The van der Waals surface area contributed by atoms with E-state index in [0.717, 1.165) is 0 Å². The lowest BCUT2D eigenvalue weighted by Crippen LogP contribution is -2.03. The molecule has 1 rings (SSSR count). The molecule has 0 fully saturated rings. The molecule has 5 heteroatoms. The van der Waals surface area contributed by atoms with Crippen molar-refractivity contribution in [3.63, 3.8) is 0 Å². The Morgan fingerprint density at radius 2 is 2.21 bits per heavy atom. The van der Waals surface area contributed by atoms with Gasteiger partial charge in [-0.3, -0.25) is 0 Å². The number of aromatic carboxylic acids is 1. The van der Waals surface area contributed by atoms with Gasteiger partial charge in [0.2, 0.25) is 0 Å². The topological polar surface area (TPSA) is 66.8 Å². The first-order valence-corrected chi connectivity index (χ1v) is 4.74. The molecule has 0 bridgehead atoms. The lowest BCUT2D eigenvalue weighted by atomic mass is 10.2. The Bertz CT molecular complexity index is 362. The highest BCUT2D eigenvalue weighted by Gasteiger charge is 2.18. The number of hydrogen-bond donors (Lipinski definition) is 2. The second-order valence-corrected chi connectivity index (χ2v) is 3.36. The van der Waals surface area contributed by atoms with Gasteiger partial charge >= 0.3 is 5.97 Å². The van der Waals surface area contributed by atoms with Crippen LogP contribution >= 0.6 is 15.9 Å². The normalized spacial score (nSPS) is 9.86. The second kappa shape index (κ2) is 4.32. The van der Waals surface area contributed by atoms with E-state index in [1.165, 1.54) is 12.1 Å². The highest BCUT2D eigenvalue weighted by molar-refractivity contribution is 9.10. The van der Waals surface area contributed by atoms with E-state index < -0.39 is 5.97 Å². The van der Waals surface area contributed by atoms with E-state index in [1.54, 1.807) is 6.92 Å². The van der Waals surface area contributed by atoms with Crippen LogP contribution in [0.15, 0.2) is 16.6 Å². The van der Waals surface area contributed by atoms with Crippen LogP contribution in [-0.4, -0.2) is 22.8 Å². The van der Waals surface area contributed by atoms with E-state index >= 15 is 0 Å². The summed E-state index contributed by atoms with van der Waals surface area (Å²) >= 11 is 3.03. The minimum atomic E-state index is -1.22. The lowest BCUT2D eigenvalue weighted by molar-refractivity contribution is 0.0689. The third-order valence-corrected chi connectivity index (χ3v) is 2.24. The van der Waals surface area contributed by atoms with Crippen LogP contribution in [-0.2, 0) is 0 Å². The van der Waals surface area contributed by atoms with Crippen LogP contribution in [0.4, 0.5) is 0 Å². The van der Waals surface area contributed by atoms with Gasteiger partial charge in [0.15, 0.2) is 0 Å². The SMILES string of the molecule is CCOc1ccc(Br)c(O)c1C(=O)O. The van der Waals surface area contributed by atoms with Crippen LogP contribution in [0, 0.1) is 0 Å². The van der Waals surface area contributed by atoms with Crippen molar-refractivity contribution < 1.29 is 19.7 Å². The van der Waals surface area contributed by atoms with Crippen LogP contribution in [0.1, 0.15) is 17.3 Å². The van der Waals surface area contributed by atoms with Crippen LogP contribution < -0.4 is 4.74 Å². The summed E-state index contributed by atoms with van der Waals surface area (Å²) < 4.78 is 5.40. The highest BCUT2D eigenvalue weighted by Crippen LogP contribution is 2.34. The molecule has 0 aliphatic carbocycles. The summed E-state index contributed by atoms with van der Waals surface area (Å²) in [6.45, 7) is 2.09. The number of hydrogen-bond acceptors (Lipinski definition) is 3. The van der Waals surface area contributed by atoms with Gasteiger partial charge in [-0.2, -0.15) is 0 Å². The van der Waals surface area contributed by atoms with E-state index in [0.29, 0.717) is 11.1 Å². The van der Waals surface area contributed by atoms with Gasteiger partial charge in [0.25, 0.3) is 0 Å². The largest absolute Gasteiger partial charge is 0.506 e. The molecule has 0 aromatic heterocycles. The maximum absolute atomic E-state index is 10.8. The first-order chi connectivity index (χ1) is 6.57. The molecule has 0 spiro atoms. The fraction of sp³-hybridized carbons (Fsp3) is 0.222. The Labute approximate surface area is 89.3 Å². The number of carbonyl (C=O) groups is 1. The number of aromatic hydroxyl groups is 1. The smallest absolute Gasteiger partial charge is 0.343 e. The van der Waals surface area contributed by atoms with Crippen molar-refractivity contribution in [2.75, 3.05) is 6.61 Å². The van der Waals surface area contributed by atoms with Crippen molar-refractivity contribution in [3.05, 3.63) is 22.2 Å². The summed E-state index contributed by atoms with van der Waals surface area (Å²) in [5, 5.41) is 18.3. The predicted molar refractivity (Wildman–Crippen MR) is 53.9 cm³/mol. The van der Waals surface area contributed by atoms with Gasteiger partial charge in [0, 0.05) is 0 Å². The molecule has 0 saturated heterocycles. The third kappa shape index (κ3) is 1.98. The molecule has 14 heavy (non-hydrogen) atoms. The molecule has 0 heterocycles. The molecule has 0 aliphatic heterocycles. The number of phenols is 1. The minimum absolute atomic E-state index is 0.167. The maximum atomic E-state index is 10.8. The monoisotopic (exact) mass is 260 g/mol. The number of rotatable bonds is 3. The number of carboxylic acid groups (broad SMARTS) is 1. The highest BCUT2D eigenvalue weighted by atomic mass is 79.9. The zero-order valence-corrected chi connectivity index (χ0v) is 9.04. The molecule has 4 nitrogen and oxygen atoms in total. The summed E-state index contributed by atoms with van der Waals surface area (Å²) in [5.41, 5.74) is -0.221. The van der Waals surface area contributed by atoms with Crippen molar-refractivity contribution >= 4 is 21.9 Å².